The van der Waals surface area contributed by atoms with Crippen LogP contribution < -0.4 is 0 Å². The van der Waals surface area contributed by atoms with Crippen molar-refractivity contribution in [2.75, 3.05) is 0 Å². The zero-order chi connectivity index (χ0) is 36.9. The van der Waals surface area contributed by atoms with Crippen molar-refractivity contribution < 1.29 is 8.78 Å². The third-order valence-electron chi connectivity index (χ3n) is 7.86. The molecule has 268 valence electrons. The number of allylic oxidation sites excluding steroid dienone is 3. The lowest BCUT2D eigenvalue weighted by molar-refractivity contribution is 0.0633. The molecule has 0 saturated heterocycles. The summed E-state index contributed by atoms with van der Waals surface area (Å²) in [6.07, 6.45) is 13.7. The molecule has 2 heterocycles. The molecule has 4 nitrogen and oxygen atoms in total. The SMILES string of the molecule is C/C=C(\C)C(C)(F)F.C=C(C)c1ccc(CCc2ccnc(-c3c(CC)ncnc3C3CC3)n2)c(CC)c1.CC.CCC.CCC(C)C. The lowest BCUT2D eigenvalue weighted by Gasteiger charge is -2.13. The predicted octanol–water partition coefficient (Wildman–Crippen LogP) is 12.9. The van der Waals surface area contributed by atoms with Gasteiger partial charge in [0.2, 0.25) is 0 Å². The third kappa shape index (κ3) is 16.2. The van der Waals surface area contributed by atoms with Gasteiger partial charge in [-0.2, -0.15) is 0 Å². The van der Waals surface area contributed by atoms with Crippen LogP contribution in [0.5, 0.6) is 0 Å². The molecule has 6 heteroatoms. The van der Waals surface area contributed by atoms with E-state index in [1.807, 2.05) is 26.1 Å². The Labute approximate surface area is 293 Å². The van der Waals surface area contributed by atoms with Crippen molar-refractivity contribution in [3.63, 3.8) is 0 Å². The average molecular weight is 665 g/mol. The quantitative estimate of drug-likeness (QED) is 0.202. The summed E-state index contributed by atoms with van der Waals surface area (Å²) in [4.78, 5) is 18.7. The van der Waals surface area contributed by atoms with Crippen molar-refractivity contribution in [3.05, 3.63) is 88.8 Å². The average Bonchev–Trinajstić information content (AvgIpc) is 3.94. The Kier molecular flexibility index (Phi) is 22.3. The molecular formula is C42H66F2N4. The second-order valence-electron chi connectivity index (χ2n) is 12.6. The zero-order valence-electron chi connectivity index (χ0n) is 32.6. The van der Waals surface area contributed by atoms with Crippen molar-refractivity contribution in [1.29, 1.82) is 0 Å². The molecule has 1 aliphatic rings. The number of hydrogen-bond donors (Lipinski definition) is 0. The van der Waals surface area contributed by atoms with Gasteiger partial charge in [-0.05, 0) is 93.5 Å². The smallest absolute Gasteiger partial charge is 0.241 e. The minimum Gasteiger partial charge on any atom is -0.241 e. The van der Waals surface area contributed by atoms with Crippen LogP contribution in [0.2, 0.25) is 0 Å². The summed E-state index contributed by atoms with van der Waals surface area (Å²) in [5, 5.41) is 0. The van der Waals surface area contributed by atoms with E-state index in [0.717, 1.165) is 72.6 Å². The highest BCUT2D eigenvalue weighted by molar-refractivity contribution is 5.63. The summed E-state index contributed by atoms with van der Waals surface area (Å²) in [6.45, 7) is 29.3. The third-order valence-corrected chi connectivity index (χ3v) is 7.86. The summed E-state index contributed by atoms with van der Waals surface area (Å²) >= 11 is 0. The zero-order valence-corrected chi connectivity index (χ0v) is 32.6. The van der Waals surface area contributed by atoms with E-state index in [2.05, 4.69) is 95.1 Å². The van der Waals surface area contributed by atoms with Crippen molar-refractivity contribution in [2.45, 2.75) is 153 Å². The Morgan fingerprint density at radius 1 is 0.938 bits per heavy atom. The van der Waals surface area contributed by atoms with Crippen LogP contribution in [-0.4, -0.2) is 25.9 Å². The van der Waals surface area contributed by atoms with Crippen LogP contribution in [0.15, 0.2) is 55.0 Å². The fourth-order valence-corrected chi connectivity index (χ4v) is 4.25. The molecule has 0 unspecified atom stereocenters. The molecule has 1 saturated carbocycles. The number of hydrogen-bond acceptors (Lipinski definition) is 4. The van der Waals surface area contributed by atoms with Crippen molar-refractivity contribution in [1.82, 2.24) is 19.9 Å². The van der Waals surface area contributed by atoms with Crippen LogP contribution in [0, 0.1) is 5.92 Å². The minimum atomic E-state index is -2.63. The number of aromatic nitrogens is 4. The Morgan fingerprint density at radius 3 is 1.98 bits per heavy atom. The normalized spacial score (nSPS) is 12.3. The van der Waals surface area contributed by atoms with Crippen LogP contribution >= 0.6 is 0 Å². The summed E-state index contributed by atoms with van der Waals surface area (Å²) in [7, 11) is 0. The maximum absolute atomic E-state index is 12.0. The summed E-state index contributed by atoms with van der Waals surface area (Å²) < 4.78 is 24.1. The number of halogens is 2. The number of benzene rings is 1. The lowest BCUT2D eigenvalue weighted by atomic mass is 9.95. The molecule has 1 aliphatic carbocycles. The summed E-state index contributed by atoms with van der Waals surface area (Å²) in [5.41, 5.74) is 9.55. The van der Waals surface area contributed by atoms with Crippen LogP contribution in [0.1, 0.15) is 155 Å². The number of alkyl halides is 2. The summed E-state index contributed by atoms with van der Waals surface area (Å²) in [6, 6.07) is 8.73. The van der Waals surface area contributed by atoms with Crippen LogP contribution in [0.4, 0.5) is 8.78 Å². The van der Waals surface area contributed by atoms with Gasteiger partial charge in [-0.3, -0.25) is 0 Å². The first-order valence-corrected chi connectivity index (χ1v) is 18.2. The van der Waals surface area contributed by atoms with E-state index in [-0.39, 0.29) is 5.57 Å². The first-order valence-electron chi connectivity index (χ1n) is 18.2. The fraction of sp³-hybridized carbons (Fsp3) is 0.571. The highest BCUT2D eigenvalue weighted by Crippen LogP contribution is 2.43. The van der Waals surface area contributed by atoms with Crippen LogP contribution in [0.25, 0.3) is 17.0 Å². The molecule has 0 bridgehead atoms. The molecule has 1 fully saturated rings. The number of rotatable bonds is 10. The van der Waals surface area contributed by atoms with E-state index in [4.69, 9.17) is 4.98 Å². The highest BCUT2D eigenvalue weighted by Gasteiger charge is 2.30. The van der Waals surface area contributed by atoms with Crippen LogP contribution in [-0.2, 0) is 25.7 Å². The van der Waals surface area contributed by atoms with Gasteiger partial charge in [0.1, 0.15) is 6.33 Å². The topological polar surface area (TPSA) is 51.6 Å². The van der Waals surface area contributed by atoms with E-state index in [0.29, 0.717) is 5.92 Å². The van der Waals surface area contributed by atoms with Gasteiger partial charge in [-0.15, -0.1) is 0 Å². The number of aryl methyl sites for hydroxylation is 4. The first-order chi connectivity index (χ1) is 22.8. The second-order valence-corrected chi connectivity index (χ2v) is 12.6. The van der Waals surface area contributed by atoms with E-state index in [1.165, 1.54) is 55.4 Å². The predicted molar refractivity (Wildman–Crippen MR) is 205 cm³/mol. The van der Waals surface area contributed by atoms with E-state index in [9.17, 15) is 8.78 Å². The Balaban J connectivity index is 0.00000102. The van der Waals surface area contributed by atoms with Crippen molar-refractivity contribution in [3.8, 4) is 11.4 Å². The maximum Gasteiger partial charge on any atom is 0.266 e. The molecule has 0 amide bonds. The molecule has 2 aromatic heterocycles. The number of nitrogens with zero attached hydrogens (tertiary/aromatic N) is 4. The molecule has 0 aliphatic heterocycles. The summed E-state index contributed by atoms with van der Waals surface area (Å²) in [5.74, 6) is -0.427. The van der Waals surface area contributed by atoms with E-state index < -0.39 is 5.92 Å². The molecule has 0 N–H and O–H groups in total. The Hall–Kier alpha value is -3.28. The first kappa shape index (κ1) is 44.7. The Bertz CT molecular complexity index is 1370. The van der Waals surface area contributed by atoms with E-state index >= 15 is 0 Å². The Morgan fingerprint density at radius 2 is 1.54 bits per heavy atom. The molecule has 3 aromatic rings. The van der Waals surface area contributed by atoms with Gasteiger partial charge < -0.3 is 0 Å². The van der Waals surface area contributed by atoms with Gasteiger partial charge in [0.15, 0.2) is 5.82 Å². The molecule has 1 aromatic carbocycles. The largest absolute Gasteiger partial charge is 0.266 e. The monoisotopic (exact) mass is 665 g/mol. The minimum absolute atomic E-state index is 0.123. The van der Waals surface area contributed by atoms with Gasteiger partial charge in [-0.25, -0.2) is 28.7 Å². The van der Waals surface area contributed by atoms with Gasteiger partial charge in [0.25, 0.3) is 5.92 Å². The molecular weight excluding hydrogens is 598 g/mol. The molecule has 4 rings (SSSR count). The second kappa shape index (κ2) is 23.9. The van der Waals surface area contributed by atoms with Crippen molar-refractivity contribution in [2.24, 2.45) is 5.92 Å². The molecule has 0 radical (unpaired) electrons. The van der Waals surface area contributed by atoms with Crippen molar-refractivity contribution >= 4 is 5.57 Å². The van der Waals surface area contributed by atoms with Crippen LogP contribution in [0.3, 0.4) is 0 Å². The van der Waals surface area contributed by atoms with Gasteiger partial charge in [0.05, 0.1) is 17.0 Å². The standard InChI is InChI=1S/C26H30N4.C6H10F2.C5H12.C3H8.C2H6/c1-5-18-15-21(17(3)4)10-7-19(18)11-12-22-13-14-27-26(30-22)24-23(6-2)28-16-29-25(24)20-8-9-20;1-4-5(2)6(3,7)8;1-4-5(2)3;1-3-2;1-2/h7,10,13-16,20H,3,5-6,8-9,11-12H2,1-2,4H3;4H,1-3H3;5H,4H2,1-3H3;3H2,1-2H3;1-2H3/b;5-4+;;;. The lowest BCUT2D eigenvalue weighted by Crippen LogP contribution is -2.10. The highest BCUT2D eigenvalue weighted by atomic mass is 19.3. The molecule has 0 spiro atoms. The maximum atomic E-state index is 12.0. The van der Waals surface area contributed by atoms with Gasteiger partial charge >= 0.3 is 0 Å². The molecule has 48 heavy (non-hydrogen) atoms. The fourth-order valence-electron chi connectivity index (χ4n) is 4.25. The van der Waals surface area contributed by atoms with Gasteiger partial charge in [0, 0.05) is 24.7 Å². The molecule has 0 atom stereocenters. The van der Waals surface area contributed by atoms with E-state index in [1.54, 1.807) is 13.3 Å². The van der Waals surface area contributed by atoms with Gasteiger partial charge in [-0.1, -0.05) is 112 Å².